The Morgan fingerprint density at radius 1 is 1.03 bits per heavy atom. The minimum atomic E-state index is -0.656. The molecule has 4 rings (SSSR count). The molecule has 7 heteroatoms. The lowest BCUT2D eigenvalue weighted by Gasteiger charge is -2.29. The quantitative estimate of drug-likeness (QED) is 0.354. The average molecular weight is 483 g/mol. The van der Waals surface area contributed by atoms with Crippen LogP contribution >= 0.6 is 11.6 Å². The van der Waals surface area contributed by atoms with E-state index in [9.17, 15) is 14.7 Å². The second-order valence-electron chi connectivity index (χ2n) is 9.13. The van der Waals surface area contributed by atoms with Crippen LogP contribution in [0.15, 0.2) is 54.1 Å². The first-order chi connectivity index (χ1) is 16.4. The molecule has 1 N–H and O–H groups in total. The van der Waals surface area contributed by atoms with Crippen molar-refractivity contribution in [3.63, 3.8) is 0 Å². The lowest BCUT2D eigenvalue weighted by Crippen LogP contribution is -2.38. The third-order valence-corrected chi connectivity index (χ3v) is 6.81. The Hall–Kier alpha value is -2.67. The Balaban J connectivity index is 1.67. The van der Waals surface area contributed by atoms with Crippen molar-refractivity contribution in [2.24, 2.45) is 0 Å². The van der Waals surface area contributed by atoms with E-state index in [1.165, 1.54) is 5.56 Å². The van der Waals surface area contributed by atoms with Crippen LogP contribution in [0.2, 0.25) is 5.02 Å². The number of benzene rings is 2. The Morgan fingerprint density at radius 3 is 2.29 bits per heavy atom. The summed E-state index contributed by atoms with van der Waals surface area (Å²) in [6.45, 7) is 8.66. The molecule has 2 aliphatic heterocycles. The number of Topliss-reactive ketones (excluding diaryl/α,β-unsaturated/α-hetero) is 1. The van der Waals surface area contributed by atoms with E-state index in [1.807, 2.05) is 24.3 Å². The lowest BCUT2D eigenvalue weighted by molar-refractivity contribution is -0.140. The number of carbonyl (C=O) groups excluding carboxylic acids is 2. The van der Waals surface area contributed by atoms with Crippen LogP contribution in [0.5, 0.6) is 0 Å². The summed E-state index contributed by atoms with van der Waals surface area (Å²) >= 11 is 6.00. The molecule has 0 unspecified atom stereocenters. The first-order valence-corrected chi connectivity index (χ1v) is 12.2. The number of ketones is 1. The molecule has 1 amide bonds. The van der Waals surface area contributed by atoms with Gasteiger partial charge in [-0.05, 0) is 47.7 Å². The molecule has 180 valence electrons. The summed E-state index contributed by atoms with van der Waals surface area (Å²) in [5.41, 5.74) is 2.56. The van der Waals surface area contributed by atoms with Gasteiger partial charge in [0.05, 0.1) is 24.8 Å². The number of likely N-dealkylation sites (tertiary alicyclic amines) is 1. The first-order valence-electron chi connectivity index (χ1n) is 11.8. The molecule has 0 saturated carbocycles. The smallest absolute Gasteiger partial charge is 0.295 e. The SMILES string of the molecule is CC(C)c1ccc([C@@H]2C(=C(O)c3ccc(Cl)cc3)C(=O)C(=O)N2CCCN2CCOCC2)cc1. The van der Waals surface area contributed by atoms with Crippen molar-refractivity contribution in [1.82, 2.24) is 9.80 Å². The van der Waals surface area contributed by atoms with Crippen molar-refractivity contribution >= 4 is 29.1 Å². The lowest BCUT2D eigenvalue weighted by atomic mass is 9.93. The Bertz CT molecular complexity index is 1060. The van der Waals surface area contributed by atoms with E-state index in [2.05, 4.69) is 18.7 Å². The summed E-state index contributed by atoms with van der Waals surface area (Å²) in [6, 6.07) is 13.9. The van der Waals surface area contributed by atoms with Crippen molar-refractivity contribution in [2.75, 3.05) is 39.4 Å². The van der Waals surface area contributed by atoms with Gasteiger partial charge in [-0.25, -0.2) is 0 Å². The van der Waals surface area contributed by atoms with E-state index in [0.29, 0.717) is 36.3 Å². The summed E-state index contributed by atoms with van der Waals surface area (Å²) in [5.74, 6) is -1.04. The van der Waals surface area contributed by atoms with Crippen molar-refractivity contribution in [3.8, 4) is 0 Å². The molecule has 2 saturated heterocycles. The zero-order valence-corrected chi connectivity index (χ0v) is 20.4. The number of aliphatic hydroxyl groups excluding tert-OH is 1. The highest BCUT2D eigenvalue weighted by molar-refractivity contribution is 6.46. The summed E-state index contributed by atoms with van der Waals surface area (Å²) in [4.78, 5) is 30.2. The van der Waals surface area contributed by atoms with E-state index in [-0.39, 0.29) is 11.3 Å². The molecule has 0 aromatic heterocycles. The zero-order valence-electron chi connectivity index (χ0n) is 19.7. The van der Waals surface area contributed by atoms with Gasteiger partial charge in [-0.2, -0.15) is 0 Å². The fraction of sp³-hybridized carbons (Fsp3) is 0.407. The van der Waals surface area contributed by atoms with E-state index < -0.39 is 17.7 Å². The number of rotatable bonds is 7. The van der Waals surface area contributed by atoms with E-state index in [0.717, 1.165) is 31.6 Å². The third-order valence-electron chi connectivity index (χ3n) is 6.55. The van der Waals surface area contributed by atoms with Crippen LogP contribution in [-0.4, -0.2) is 66.0 Å². The molecule has 2 aliphatic rings. The molecule has 0 radical (unpaired) electrons. The Labute approximate surface area is 205 Å². The topological polar surface area (TPSA) is 70.1 Å². The van der Waals surface area contributed by atoms with Crippen LogP contribution < -0.4 is 0 Å². The van der Waals surface area contributed by atoms with Gasteiger partial charge in [-0.15, -0.1) is 0 Å². The maximum Gasteiger partial charge on any atom is 0.295 e. The van der Waals surface area contributed by atoms with Gasteiger partial charge in [0.25, 0.3) is 11.7 Å². The number of nitrogens with zero attached hydrogens (tertiary/aromatic N) is 2. The van der Waals surface area contributed by atoms with Gasteiger partial charge in [0.15, 0.2) is 0 Å². The van der Waals surface area contributed by atoms with Gasteiger partial charge in [-0.3, -0.25) is 14.5 Å². The number of aliphatic hydroxyl groups is 1. The molecule has 1 atom stereocenters. The molecular weight excluding hydrogens is 452 g/mol. The Kier molecular flexibility index (Phi) is 7.71. The van der Waals surface area contributed by atoms with Crippen molar-refractivity contribution < 1.29 is 19.4 Å². The molecule has 0 spiro atoms. The zero-order chi connectivity index (χ0) is 24.2. The van der Waals surface area contributed by atoms with Gasteiger partial charge in [0.2, 0.25) is 0 Å². The number of hydrogen-bond acceptors (Lipinski definition) is 5. The van der Waals surface area contributed by atoms with Crippen LogP contribution in [0.1, 0.15) is 48.9 Å². The van der Waals surface area contributed by atoms with Gasteiger partial charge in [0.1, 0.15) is 5.76 Å². The molecule has 0 bridgehead atoms. The predicted molar refractivity (Wildman–Crippen MR) is 133 cm³/mol. The predicted octanol–water partition coefficient (Wildman–Crippen LogP) is 4.61. The minimum absolute atomic E-state index is 0.121. The van der Waals surface area contributed by atoms with Gasteiger partial charge < -0.3 is 14.7 Å². The molecule has 6 nitrogen and oxygen atoms in total. The minimum Gasteiger partial charge on any atom is -0.507 e. The number of carbonyl (C=O) groups is 2. The fourth-order valence-corrected chi connectivity index (χ4v) is 4.70. The second kappa shape index (κ2) is 10.7. The maximum atomic E-state index is 13.2. The largest absolute Gasteiger partial charge is 0.507 e. The molecular formula is C27H31ClN2O4. The summed E-state index contributed by atoms with van der Waals surface area (Å²) in [5, 5.41) is 11.7. The number of ether oxygens (including phenoxy) is 1. The standard InChI is InChI=1S/C27H31ClN2O4/c1-18(2)19-4-6-20(7-5-19)24-23(25(31)21-8-10-22(28)11-9-21)26(32)27(33)30(24)13-3-12-29-14-16-34-17-15-29/h4-11,18,24,31H,3,12-17H2,1-2H3/t24-/m1/s1. The van der Waals surface area contributed by atoms with E-state index in [4.69, 9.17) is 16.3 Å². The van der Waals surface area contributed by atoms with E-state index in [1.54, 1.807) is 29.2 Å². The highest BCUT2D eigenvalue weighted by atomic mass is 35.5. The van der Waals surface area contributed by atoms with Crippen LogP contribution in [0.25, 0.3) is 5.76 Å². The monoisotopic (exact) mass is 482 g/mol. The summed E-state index contributed by atoms with van der Waals surface area (Å²) < 4.78 is 5.41. The molecule has 2 aromatic rings. The van der Waals surface area contributed by atoms with Crippen LogP contribution in [0.3, 0.4) is 0 Å². The van der Waals surface area contributed by atoms with E-state index >= 15 is 0 Å². The first kappa shape index (κ1) is 24.5. The summed E-state index contributed by atoms with van der Waals surface area (Å²) in [6.07, 6.45) is 0.731. The molecule has 34 heavy (non-hydrogen) atoms. The number of amides is 1. The highest BCUT2D eigenvalue weighted by Crippen LogP contribution is 2.40. The number of hydrogen-bond donors (Lipinski definition) is 1. The molecule has 2 heterocycles. The van der Waals surface area contributed by atoms with Gasteiger partial charge >= 0.3 is 0 Å². The van der Waals surface area contributed by atoms with Crippen LogP contribution in [0, 0.1) is 0 Å². The molecule has 2 fully saturated rings. The normalized spacial score (nSPS) is 20.9. The van der Waals surface area contributed by atoms with Crippen LogP contribution in [0.4, 0.5) is 0 Å². The number of morpholine rings is 1. The van der Waals surface area contributed by atoms with Crippen molar-refractivity contribution in [3.05, 3.63) is 75.8 Å². The second-order valence-corrected chi connectivity index (χ2v) is 9.56. The average Bonchev–Trinajstić information content (AvgIpc) is 3.10. The summed E-state index contributed by atoms with van der Waals surface area (Å²) in [7, 11) is 0. The Morgan fingerprint density at radius 2 is 1.68 bits per heavy atom. The maximum absolute atomic E-state index is 13.2. The van der Waals surface area contributed by atoms with Crippen molar-refractivity contribution in [2.45, 2.75) is 32.2 Å². The fourth-order valence-electron chi connectivity index (χ4n) is 4.57. The molecule has 2 aromatic carbocycles. The molecule has 0 aliphatic carbocycles. The van der Waals surface area contributed by atoms with Gasteiger partial charge in [0, 0.05) is 36.8 Å². The number of halogens is 1. The highest BCUT2D eigenvalue weighted by Gasteiger charge is 2.45. The van der Waals surface area contributed by atoms with Crippen molar-refractivity contribution in [1.29, 1.82) is 0 Å². The van der Waals surface area contributed by atoms with Crippen LogP contribution in [-0.2, 0) is 14.3 Å². The van der Waals surface area contributed by atoms with Gasteiger partial charge in [-0.1, -0.05) is 49.7 Å². The third kappa shape index (κ3) is 5.19.